The molecule has 3 aromatic rings. The normalized spacial score (nSPS) is 20.0. The first-order chi connectivity index (χ1) is 16.8. The Morgan fingerprint density at radius 1 is 1.17 bits per heavy atom. The molecule has 0 aliphatic carbocycles. The number of rotatable bonds is 4. The van der Waals surface area contributed by atoms with Crippen LogP contribution in [0.1, 0.15) is 25.3 Å². The predicted octanol–water partition coefficient (Wildman–Crippen LogP) is 3.54. The molecule has 182 valence electrons. The fourth-order valence-electron chi connectivity index (χ4n) is 5.05. The zero-order chi connectivity index (χ0) is 24.6. The van der Waals surface area contributed by atoms with Crippen LogP contribution in [-0.2, 0) is 11.3 Å². The maximum Gasteiger partial charge on any atom is 0.344 e. The summed E-state index contributed by atoms with van der Waals surface area (Å²) in [4.78, 5) is 38.7. The third kappa shape index (κ3) is 4.78. The second-order valence-corrected chi connectivity index (χ2v) is 9.94. The van der Waals surface area contributed by atoms with Gasteiger partial charge >= 0.3 is 6.03 Å². The van der Waals surface area contributed by atoms with E-state index in [0.29, 0.717) is 18.8 Å². The minimum atomic E-state index is -0.146. The number of nitrogens with zero attached hydrogens (tertiary/aromatic N) is 7. The Bertz CT molecular complexity index is 1250. The van der Waals surface area contributed by atoms with Gasteiger partial charge in [-0.05, 0) is 37.1 Å². The van der Waals surface area contributed by atoms with Gasteiger partial charge in [-0.3, -0.25) is 9.69 Å². The van der Waals surface area contributed by atoms with E-state index >= 15 is 0 Å². The number of carbonyl (C=O) groups excluding carboxylic acids is 2. The van der Waals surface area contributed by atoms with Crippen LogP contribution in [0.5, 0.6) is 0 Å². The van der Waals surface area contributed by atoms with Crippen LogP contribution in [0.3, 0.4) is 0 Å². The summed E-state index contributed by atoms with van der Waals surface area (Å²) >= 11 is 6.63. The molecule has 1 atom stereocenters. The number of likely N-dealkylation sites (tertiary alicyclic amines) is 2. The van der Waals surface area contributed by atoms with Crippen molar-refractivity contribution >= 4 is 29.2 Å². The smallest absolute Gasteiger partial charge is 0.322 e. The molecule has 2 aromatic heterocycles. The fraction of sp³-hybridized carbons (Fsp3) is 0.400. The van der Waals surface area contributed by atoms with E-state index in [1.807, 2.05) is 23.1 Å². The highest BCUT2D eigenvalue weighted by Gasteiger charge is 2.45. The number of aromatic nitrogens is 4. The summed E-state index contributed by atoms with van der Waals surface area (Å²) in [5, 5.41) is 4.92. The van der Waals surface area contributed by atoms with E-state index in [1.165, 1.54) is 22.8 Å². The maximum atomic E-state index is 13.0. The minimum absolute atomic E-state index is 0.0925. The molecule has 2 amide bonds. The van der Waals surface area contributed by atoms with Gasteiger partial charge in [-0.15, -0.1) is 0 Å². The van der Waals surface area contributed by atoms with Crippen LogP contribution < -0.4 is 4.90 Å². The van der Waals surface area contributed by atoms with Crippen LogP contribution in [0.2, 0.25) is 5.02 Å². The lowest BCUT2D eigenvalue weighted by atomic mass is 9.86. The number of anilines is 1. The van der Waals surface area contributed by atoms with Crippen molar-refractivity contribution in [3.63, 3.8) is 0 Å². The molecule has 1 unspecified atom stereocenters. The van der Waals surface area contributed by atoms with E-state index in [-0.39, 0.29) is 17.4 Å². The Morgan fingerprint density at radius 3 is 2.74 bits per heavy atom. The Morgan fingerprint density at radius 2 is 2.00 bits per heavy atom. The van der Waals surface area contributed by atoms with Crippen LogP contribution >= 0.6 is 11.6 Å². The van der Waals surface area contributed by atoms with Gasteiger partial charge < -0.3 is 9.80 Å². The molecule has 1 aromatic carbocycles. The van der Waals surface area contributed by atoms with Gasteiger partial charge in [0, 0.05) is 62.3 Å². The molecule has 0 bridgehead atoms. The topological polar surface area (TPSA) is 87.5 Å². The Labute approximate surface area is 209 Å². The van der Waals surface area contributed by atoms with Gasteiger partial charge in [0.2, 0.25) is 5.91 Å². The molecular weight excluding hydrogens is 466 g/mol. The summed E-state index contributed by atoms with van der Waals surface area (Å²) in [6, 6.07) is 7.81. The first kappa shape index (κ1) is 23.4. The average molecular weight is 494 g/mol. The van der Waals surface area contributed by atoms with Crippen molar-refractivity contribution in [2.24, 2.45) is 5.41 Å². The summed E-state index contributed by atoms with van der Waals surface area (Å²) in [6.07, 6.45) is 8.43. The van der Waals surface area contributed by atoms with E-state index in [9.17, 15) is 9.59 Å². The molecule has 9 nitrogen and oxygen atoms in total. The minimum Gasteiger partial charge on any atom is -0.322 e. The van der Waals surface area contributed by atoms with Crippen molar-refractivity contribution in [1.82, 2.24) is 29.5 Å². The second-order valence-electron chi connectivity index (χ2n) is 9.54. The zero-order valence-electron chi connectivity index (χ0n) is 19.9. The number of halogens is 1. The lowest BCUT2D eigenvalue weighted by Crippen LogP contribution is -2.36. The van der Waals surface area contributed by atoms with Gasteiger partial charge in [-0.2, -0.15) is 9.78 Å². The van der Waals surface area contributed by atoms with Crippen LogP contribution in [0.25, 0.3) is 11.3 Å². The Kier molecular flexibility index (Phi) is 6.29. The van der Waals surface area contributed by atoms with Crippen LogP contribution in [0, 0.1) is 5.41 Å². The molecule has 4 heterocycles. The number of hydrogen-bond acceptors (Lipinski definition) is 6. The van der Waals surface area contributed by atoms with Gasteiger partial charge in [0.25, 0.3) is 0 Å². The molecule has 0 N–H and O–H groups in total. The third-order valence-corrected chi connectivity index (χ3v) is 7.53. The first-order valence-corrected chi connectivity index (χ1v) is 12.1. The summed E-state index contributed by atoms with van der Waals surface area (Å²) in [5.74, 6) is -0.105. The Hall–Kier alpha value is -3.30. The van der Waals surface area contributed by atoms with E-state index < -0.39 is 0 Å². The lowest BCUT2D eigenvalue weighted by Gasteiger charge is -2.25. The van der Waals surface area contributed by atoms with E-state index in [2.05, 4.69) is 26.0 Å². The largest absolute Gasteiger partial charge is 0.344 e. The van der Waals surface area contributed by atoms with E-state index in [1.54, 1.807) is 25.6 Å². The standard InChI is InChI=1S/C25H28ClN7O2/c1-18(34)30(2)21-12-29-33(14-21)24(35)32-10-7-25(16-32)6-9-31(15-25)13-20-4-3-19(11-22(20)26)23-5-8-27-17-28-23/h3-5,8,11-12,14,17H,6-7,9-10,13,15-16H2,1-2H3. The van der Waals surface area contributed by atoms with Crippen molar-refractivity contribution in [3.8, 4) is 11.3 Å². The molecule has 10 heteroatoms. The molecule has 1 spiro atoms. The van der Waals surface area contributed by atoms with Gasteiger partial charge in [0.05, 0.1) is 23.8 Å². The van der Waals surface area contributed by atoms with Crippen molar-refractivity contribution < 1.29 is 9.59 Å². The molecule has 2 aliphatic rings. The van der Waals surface area contributed by atoms with Crippen molar-refractivity contribution in [2.45, 2.75) is 26.3 Å². The number of carbonyl (C=O) groups is 2. The summed E-state index contributed by atoms with van der Waals surface area (Å²) in [7, 11) is 1.67. The predicted molar refractivity (Wildman–Crippen MR) is 133 cm³/mol. The summed E-state index contributed by atoms with van der Waals surface area (Å²) in [5.41, 5.74) is 3.61. The number of benzene rings is 1. The Balaban J connectivity index is 1.21. The van der Waals surface area contributed by atoms with Gasteiger partial charge in [0.15, 0.2) is 0 Å². The molecular formula is C25H28ClN7O2. The van der Waals surface area contributed by atoms with Gasteiger partial charge in [-0.1, -0.05) is 23.7 Å². The van der Waals surface area contributed by atoms with Crippen LogP contribution in [-0.4, -0.2) is 74.7 Å². The van der Waals surface area contributed by atoms with Gasteiger partial charge in [0.1, 0.15) is 6.33 Å². The fourth-order valence-corrected chi connectivity index (χ4v) is 5.29. The highest BCUT2D eigenvalue weighted by atomic mass is 35.5. The second kappa shape index (κ2) is 9.39. The average Bonchev–Trinajstić information content (AvgIpc) is 3.61. The van der Waals surface area contributed by atoms with Crippen molar-refractivity contribution in [3.05, 3.63) is 59.8 Å². The maximum absolute atomic E-state index is 13.0. The van der Waals surface area contributed by atoms with E-state index in [0.717, 1.165) is 54.3 Å². The third-order valence-electron chi connectivity index (χ3n) is 7.18. The first-order valence-electron chi connectivity index (χ1n) is 11.7. The number of hydrogen-bond donors (Lipinski definition) is 0. The zero-order valence-corrected chi connectivity index (χ0v) is 20.6. The van der Waals surface area contributed by atoms with Crippen molar-refractivity contribution in [1.29, 1.82) is 0 Å². The molecule has 35 heavy (non-hydrogen) atoms. The number of amides is 2. The molecule has 5 rings (SSSR count). The SMILES string of the molecule is CC(=O)N(C)c1cnn(C(=O)N2CCC3(CCN(Cc4ccc(-c5ccncn5)cc4Cl)C3)C2)c1. The summed E-state index contributed by atoms with van der Waals surface area (Å²) in [6.45, 7) is 5.58. The highest BCUT2D eigenvalue weighted by Crippen LogP contribution is 2.40. The molecule has 0 radical (unpaired) electrons. The highest BCUT2D eigenvalue weighted by molar-refractivity contribution is 6.31. The summed E-state index contributed by atoms with van der Waals surface area (Å²) < 4.78 is 1.33. The lowest BCUT2D eigenvalue weighted by molar-refractivity contribution is -0.116. The molecule has 2 fully saturated rings. The molecule has 2 saturated heterocycles. The van der Waals surface area contributed by atoms with E-state index in [4.69, 9.17) is 11.6 Å². The van der Waals surface area contributed by atoms with Crippen molar-refractivity contribution in [2.75, 3.05) is 38.1 Å². The molecule has 0 saturated carbocycles. The molecule has 2 aliphatic heterocycles. The van der Waals surface area contributed by atoms with Gasteiger partial charge in [-0.25, -0.2) is 14.8 Å². The van der Waals surface area contributed by atoms with Crippen LogP contribution in [0.15, 0.2) is 49.2 Å². The monoisotopic (exact) mass is 493 g/mol. The van der Waals surface area contributed by atoms with Crippen LogP contribution in [0.4, 0.5) is 10.5 Å². The quantitative estimate of drug-likeness (QED) is 0.552.